The van der Waals surface area contributed by atoms with Crippen LogP contribution in [0.5, 0.6) is 0 Å². The molecule has 2 fully saturated rings. The van der Waals surface area contributed by atoms with Gasteiger partial charge in [0, 0.05) is 13.1 Å². The van der Waals surface area contributed by atoms with E-state index in [1.165, 1.54) is 109 Å². The quantitative estimate of drug-likeness (QED) is 0.227. The van der Waals surface area contributed by atoms with Crippen molar-refractivity contribution in [3.05, 3.63) is 130 Å². The van der Waals surface area contributed by atoms with Gasteiger partial charge in [-0.1, -0.05) is 110 Å². The van der Waals surface area contributed by atoms with Gasteiger partial charge in [-0.15, -0.1) is 0 Å². The number of benzene rings is 4. The van der Waals surface area contributed by atoms with Gasteiger partial charge in [0.2, 0.25) is 0 Å². The van der Waals surface area contributed by atoms with Crippen LogP contribution in [-0.4, -0.2) is 36.0 Å². The molecule has 1 aliphatic carbocycles. The molecular formula is C37H40N2. The number of likely N-dealkylation sites (tertiary alicyclic amines) is 2. The van der Waals surface area contributed by atoms with E-state index >= 15 is 0 Å². The summed E-state index contributed by atoms with van der Waals surface area (Å²) >= 11 is 0. The van der Waals surface area contributed by atoms with Crippen LogP contribution in [0.15, 0.2) is 97.1 Å². The molecule has 2 aliphatic heterocycles. The average Bonchev–Trinajstić information content (AvgIpc) is 3.30. The Bertz CT molecular complexity index is 1330. The van der Waals surface area contributed by atoms with Gasteiger partial charge in [0.25, 0.3) is 0 Å². The summed E-state index contributed by atoms with van der Waals surface area (Å²) in [4.78, 5) is 5.29. The lowest BCUT2D eigenvalue weighted by Gasteiger charge is -2.35. The molecule has 0 bridgehead atoms. The first-order valence-corrected chi connectivity index (χ1v) is 15.2. The molecule has 0 saturated carbocycles. The molecule has 0 spiro atoms. The Morgan fingerprint density at radius 3 is 1.36 bits per heavy atom. The highest BCUT2D eigenvalue weighted by Gasteiger charge is 2.46. The van der Waals surface area contributed by atoms with Crippen molar-refractivity contribution < 1.29 is 0 Å². The Labute approximate surface area is 234 Å². The maximum atomic E-state index is 2.64. The van der Waals surface area contributed by atoms with Crippen LogP contribution in [0.4, 0.5) is 0 Å². The molecule has 0 aromatic heterocycles. The monoisotopic (exact) mass is 512 g/mol. The van der Waals surface area contributed by atoms with E-state index in [0.29, 0.717) is 0 Å². The fourth-order valence-corrected chi connectivity index (χ4v) is 7.58. The number of nitrogens with zero attached hydrogens (tertiary/aromatic N) is 2. The van der Waals surface area contributed by atoms with E-state index in [2.05, 4.69) is 107 Å². The molecule has 2 nitrogen and oxygen atoms in total. The predicted octanol–water partition coefficient (Wildman–Crippen LogP) is 8.02. The standard InChI is InChI=1S/C37H40N2/c1-7-21-38(22-8-1)27-29-13-11-15-31(25-29)37(32-16-12-14-30(26-32)28-39-23-9-2-10-24-39)35-19-5-3-17-33(35)34-18-4-6-20-36(34)37/h3-6,11-20,25-26H,1-2,7-10,21-24,27-28H2. The van der Waals surface area contributed by atoms with E-state index in [-0.39, 0.29) is 5.41 Å². The van der Waals surface area contributed by atoms with E-state index in [1.807, 2.05) is 0 Å². The third-order valence-electron chi connectivity index (χ3n) is 9.38. The van der Waals surface area contributed by atoms with Crippen LogP contribution >= 0.6 is 0 Å². The Kier molecular flexibility index (Phi) is 6.84. The fraction of sp³-hybridized carbons (Fsp3) is 0.351. The van der Waals surface area contributed by atoms with Gasteiger partial charge in [0.1, 0.15) is 0 Å². The summed E-state index contributed by atoms with van der Waals surface area (Å²) in [5.74, 6) is 0. The zero-order chi connectivity index (χ0) is 26.1. The molecule has 0 atom stereocenters. The van der Waals surface area contributed by atoms with Gasteiger partial charge in [-0.3, -0.25) is 9.80 Å². The number of piperidine rings is 2. The van der Waals surface area contributed by atoms with Crippen LogP contribution in [0.25, 0.3) is 11.1 Å². The summed E-state index contributed by atoms with van der Waals surface area (Å²) < 4.78 is 0. The Hall–Kier alpha value is -3.20. The van der Waals surface area contributed by atoms with Crippen LogP contribution in [0.2, 0.25) is 0 Å². The van der Waals surface area contributed by atoms with Crippen molar-refractivity contribution in [3.8, 4) is 11.1 Å². The van der Waals surface area contributed by atoms with Gasteiger partial charge in [-0.2, -0.15) is 0 Å². The minimum Gasteiger partial charge on any atom is -0.299 e. The largest absolute Gasteiger partial charge is 0.299 e. The van der Waals surface area contributed by atoms with Crippen LogP contribution in [0, 0.1) is 0 Å². The number of rotatable bonds is 6. The van der Waals surface area contributed by atoms with Gasteiger partial charge < -0.3 is 0 Å². The van der Waals surface area contributed by atoms with Crippen molar-refractivity contribution in [2.45, 2.75) is 57.0 Å². The Morgan fingerprint density at radius 2 is 0.897 bits per heavy atom. The highest BCUT2D eigenvalue weighted by Crippen LogP contribution is 2.56. The lowest BCUT2D eigenvalue weighted by molar-refractivity contribution is 0.220. The number of fused-ring (bicyclic) bond motifs is 3. The molecule has 0 unspecified atom stereocenters. The second-order valence-electron chi connectivity index (χ2n) is 11.9. The second kappa shape index (κ2) is 10.8. The maximum Gasteiger partial charge on any atom is 0.0713 e. The number of hydrogen-bond donors (Lipinski definition) is 0. The maximum absolute atomic E-state index is 2.64. The average molecular weight is 513 g/mol. The Morgan fingerprint density at radius 1 is 0.462 bits per heavy atom. The predicted molar refractivity (Wildman–Crippen MR) is 162 cm³/mol. The summed E-state index contributed by atoms with van der Waals surface area (Å²) in [6, 6.07) is 37.4. The fourth-order valence-electron chi connectivity index (χ4n) is 7.58. The van der Waals surface area contributed by atoms with Crippen molar-refractivity contribution in [2.75, 3.05) is 26.2 Å². The molecule has 0 radical (unpaired) electrons. The van der Waals surface area contributed by atoms with Gasteiger partial charge >= 0.3 is 0 Å². The molecule has 3 aliphatic rings. The van der Waals surface area contributed by atoms with Crippen molar-refractivity contribution in [1.29, 1.82) is 0 Å². The molecule has 4 aromatic carbocycles. The smallest absolute Gasteiger partial charge is 0.0713 e. The third-order valence-corrected chi connectivity index (χ3v) is 9.38. The summed E-state index contributed by atoms with van der Waals surface area (Å²) in [7, 11) is 0. The van der Waals surface area contributed by atoms with Crippen LogP contribution in [0.1, 0.15) is 71.9 Å². The summed E-state index contributed by atoms with van der Waals surface area (Å²) in [6.45, 7) is 6.97. The van der Waals surface area contributed by atoms with E-state index in [4.69, 9.17) is 0 Å². The highest BCUT2D eigenvalue weighted by atomic mass is 15.1. The summed E-state index contributed by atoms with van der Waals surface area (Å²) in [6.07, 6.45) is 8.06. The topological polar surface area (TPSA) is 6.48 Å². The van der Waals surface area contributed by atoms with E-state index in [1.54, 1.807) is 0 Å². The Balaban J connectivity index is 1.39. The van der Waals surface area contributed by atoms with Crippen LogP contribution in [0.3, 0.4) is 0 Å². The van der Waals surface area contributed by atoms with Crippen LogP contribution < -0.4 is 0 Å². The molecule has 39 heavy (non-hydrogen) atoms. The first-order valence-electron chi connectivity index (χ1n) is 15.2. The highest BCUT2D eigenvalue weighted by molar-refractivity contribution is 5.86. The lowest BCUT2D eigenvalue weighted by Crippen LogP contribution is -2.31. The van der Waals surface area contributed by atoms with Gasteiger partial charge in [0.05, 0.1) is 5.41 Å². The van der Waals surface area contributed by atoms with Gasteiger partial charge in [0.15, 0.2) is 0 Å². The lowest BCUT2D eigenvalue weighted by atomic mass is 9.67. The molecular weight excluding hydrogens is 472 g/mol. The van der Waals surface area contributed by atoms with Crippen LogP contribution in [-0.2, 0) is 18.5 Å². The summed E-state index contributed by atoms with van der Waals surface area (Å²) in [5, 5.41) is 0. The third kappa shape index (κ3) is 4.54. The molecule has 2 saturated heterocycles. The van der Waals surface area contributed by atoms with Crippen molar-refractivity contribution in [3.63, 3.8) is 0 Å². The molecule has 7 rings (SSSR count). The van der Waals surface area contributed by atoms with Crippen molar-refractivity contribution in [1.82, 2.24) is 9.80 Å². The molecule has 198 valence electrons. The second-order valence-corrected chi connectivity index (χ2v) is 11.9. The summed E-state index contributed by atoms with van der Waals surface area (Å²) in [5.41, 5.74) is 10.9. The van der Waals surface area contributed by atoms with Gasteiger partial charge in [-0.05, 0) is 96.4 Å². The molecule has 0 amide bonds. The molecule has 2 heteroatoms. The normalized spacial score (nSPS) is 19.0. The minimum atomic E-state index is -0.316. The van der Waals surface area contributed by atoms with E-state index in [9.17, 15) is 0 Å². The van der Waals surface area contributed by atoms with E-state index < -0.39 is 0 Å². The molecule has 2 heterocycles. The number of hydrogen-bond acceptors (Lipinski definition) is 2. The SMILES string of the molecule is c1cc(CN2CCCCC2)cc(C2(c3cccc(CN4CCCCC4)c3)c3ccccc3-c3ccccc32)c1. The van der Waals surface area contributed by atoms with E-state index in [0.717, 1.165) is 13.1 Å². The van der Waals surface area contributed by atoms with Crippen molar-refractivity contribution in [2.24, 2.45) is 0 Å². The minimum absolute atomic E-state index is 0.316. The zero-order valence-corrected chi connectivity index (χ0v) is 23.1. The van der Waals surface area contributed by atoms with Crippen molar-refractivity contribution >= 4 is 0 Å². The zero-order valence-electron chi connectivity index (χ0n) is 23.1. The molecule has 4 aromatic rings. The molecule has 0 N–H and O–H groups in total. The van der Waals surface area contributed by atoms with Gasteiger partial charge in [-0.25, -0.2) is 0 Å². The first-order chi connectivity index (χ1) is 19.3. The first kappa shape index (κ1) is 24.8.